The number of amides is 1. The van der Waals surface area contributed by atoms with Gasteiger partial charge in [-0.3, -0.25) is 4.79 Å². The van der Waals surface area contributed by atoms with Crippen molar-refractivity contribution >= 4 is 11.7 Å². The summed E-state index contributed by atoms with van der Waals surface area (Å²) in [4.78, 5) is 24.8. The first-order chi connectivity index (χ1) is 15.8. The molecule has 2 aromatic heterocycles. The van der Waals surface area contributed by atoms with Crippen LogP contribution >= 0.6 is 0 Å². The van der Waals surface area contributed by atoms with Gasteiger partial charge in [0.05, 0.1) is 0 Å². The van der Waals surface area contributed by atoms with Crippen LogP contribution in [0.3, 0.4) is 0 Å². The number of halogens is 3. The third kappa shape index (κ3) is 5.65. The number of pyridine rings is 1. The van der Waals surface area contributed by atoms with E-state index >= 15 is 0 Å². The molecule has 0 bridgehead atoms. The van der Waals surface area contributed by atoms with Gasteiger partial charge in [-0.2, -0.15) is 18.2 Å². The molecule has 1 amide bonds. The Balaban J connectivity index is 1.27. The van der Waals surface area contributed by atoms with Gasteiger partial charge in [0.1, 0.15) is 5.82 Å². The molecule has 1 aliphatic heterocycles. The van der Waals surface area contributed by atoms with E-state index in [2.05, 4.69) is 31.5 Å². The Morgan fingerprint density at radius 3 is 2.42 bits per heavy atom. The molecule has 0 unspecified atom stereocenters. The van der Waals surface area contributed by atoms with Crippen LogP contribution in [0.4, 0.5) is 19.0 Å². The molecule has 0 radical (unpaired) electrons. The molecule has 1 aliphatic carbocycles. The Bertz CT molecular complexity index is 915. The average molecular weight is 466 g/mol. The lowest BCUT2D eigenvalue weighted by atomic mass is 9.79. The van der Waals surface area contributed by atoms with E-state index < -0.39 is 12.1 Å². The predicted molar refractivity (Wildman–Crippen MR) is 116 cm³/mol. The SMILES string of the molecule is CCCCC1CCC(C(=O)N2CCN(c3ccc(-c4noc(C(F)(F)F)n4)cn3)CC2)CC1. The topological polar surface area (TPSA) is 75.4 Å². The summed E-state index contributed by atoms with van der Waals surface area (Å²) in [6, 6.07) is 3.36. The van der Waals surface area contributed by atoms with Crippen LogP contribution in [0.2, 0.25) is 0 Å². The zero-order valence-electron chi connectivity index (χ0n) is 18.9. The van der Waals surface area contributed by atoms with E-state index in [1.54, 1.807) is 12.1 Å². The molecular weight excluding hydrogens is 435 g/mol. The van der Waals surface area contributed by atoms with E-state index in [1.165, 1.54) is 25.5 Å². The highest BCUT2D eigenvalue weighted by Crippen LogP contribution is 2.33. The second-order valence-corrected chi connectivity index (χ2v) is 9.00. The minimum Gasteiger partial charge on any atom is -0.353 e. The van der Waals surface area contributed by atoms with Crippen LogP contribution in [0.25, 0.3) is 11.4 Å². The van der Waals surface area contributed by atoms with Crippen molar-refractivity contribution in [1.29, 1.82) is 0 Å². The molecule has 4 rings (SSSR count). The van der Waals surface area contributed by atoms with Crippen LogP contribution in [-0.2, 0) is 11.0 Å². The third-order valence-corrected chi connectivity index (χ3v) is 6.75. The van der Waals surface area contributed by atoms with E-state index in [0.717, 1.165) is 31.6 Å². The van der Waals surface area contributed by atoms with Gasteiger partial charge in [0.2, 0.25) is 11.7 Å². The van der Waals surface area contributed by atoms with Gasteiger partial charge in [0.15, 0.2) is 0 Å². The average Bonchev–Trinajstić information content (AvgIpc) is 3.34. The summed E-state index contributed by atoms with van der Waals surface area (Å²) >= 11 is 0. The molecule has 2 fully saturated rings. The third-order valence-electron chi connectivity index (χ3n) is 6.75. The van der Waals surface area contributed by atoms with Gasteiger partial charge in [0, 0.05) is 43.9 Å². The number of hydrogen-bond acceptors (Lipinski definition) is 6. The normalized spacial score (nSPS) is 21.9. The molecule has 0 aromatic carbocycles. The van der Waals surface area contributed by atoms with Crippen LogP contribution in [0.1, 0.15) is 57.8 Å². The molecular formula is C23H30F3N5O2. The van der Waals surface area contributed by atoms with Crippen molar-refractivity contribution in [3.8, 4) is 11.4 Å². The number of carbonyl (C=O) groups is 1. The molecule has 2 aliphatic rings. The van der Waals surface area contributed by atoms with E-state index in [9.17, 15) is 18.0 Å². The minimum absolute atomic E-state index is 0.152. The summed E-state index contributed by atoms with van der Waals surface area (Å²) in [5.74, 6) is 0.403. The van der Waals surface area contributed by atoms with E-state index in [-0.39, 0.29) is 17.6 Å². The van der Waals surface area contributed by atoms with Crippen molar-refractivity contribution in [1.82, 2.24) is 20.0 Å². The maximum atomic E-state index is 13.0. The van der Waals surface area contributed by atoms with Gasteiger partial charge in [0.25, 0.3) is 0 Å². The zero-order chi connectivity index (χ0) is 23.4. The van der Waals surface area contributed by atoms with Crippen LogP contribution in [-0.4, -0.2) is 52.1 Å². The molecule has 0 spiro atoms. The number of unbranched alkanes of at least 4 members (excludes halogenated alkanes) is 1. The molecule has 180 valence electrons. The van der Waals surface area contributed by atoms with Crippen LogP contribution in [0.15, 0.2) is 22.9 Å². The highest BCUT2D eigenvalue weighted by Gasteiger charge is 2.38. The monoisotopic (exact) mass is 465 g/mol. The Kier molecular flexibility index (Phi) is 7.19. The quantitative estimate of drug-likeness (QED) is 0.610. The molecule has 1 saturated heterocycles. The molecule has 7 nitrogen and oxygen atoms in total. The largest absolute Gasteiger partial charge is 0.471 e. The molecule has 0 atom stereocenters. The molecule has 10 heteroatoms. The van der Waals surface area contributed by atoms with Crippen molar-refractivity contribution in [2.24, 2.45) is 11.8 Å². The smallest absolute Gasteiger partial charge is 0.353 e. The lowest BCUT2D eigenvalue weighted by Gasteiger charge is -2.38. The lowest BCUT2D eigenvalue weighted by Crippen LogP contribution is -2.51. The van der Waals surface area contributed by atoms with Gasteiger partial charge in [-0.1, -0.05) is 31.3 Å². The fourth-order valence-electron chi connectivity index (χ4n) is 4.77. The van der Waals surface area contributed by atoms with Crippen molar-refractivity contribution in [3.63, 3.8) is 0 Å². The Labute approximate surface area is 191 Å². The van der Waals surface area contributed by atoms with Crippen molar-refractivity contribution < 1.29 is 22.5 Å². The Morgan fingerprint density at radius 2 is 1.85 bits per heavy atom. The number of aromatic nitrogens is 3. The zero-order valence-corrected chi connectivity index (χ0v) is 18.9. The summed E-state index contributed by atoms with van der Waals surface area (Å²) < 4.78 is 42.2. The lowest BCUT2D eigenvalue weighted by molar-refractivity contribution is -0.159. The number of anilines is 1. The first-order valence-corrected chi connectivity index (χ1v) is 11.8. The molecule has 2 aromatic rings. The maximum Gasteiger partial charge on any atom is 0.471 e. The number of hydrogen-bond donors (Lipinski definition) is 0. The minimum atomic E-state index is -4.68. The second-order valence-electron chi connectivity index (χ2n) is 9.00. The second kappa shape index (κ2) is 10.1. The Hall–Kier alpha value is -2.65. The van der Waals surface area contributed by atoms with Crippen LogP contribution in [0.5, 0.6) is 0 Å². The summed E-state index contributed by atoms with van der Waals surface area (Å²) in [5.41, 5.74) is 0.348. The van der Waals surface area contributed by atoms with Crippen molar-refractivity contribution in [2.75, 3.05) is 31.1 Å². The molecule has 3 heterocycles. The number of carbonyl (C=O) groups excluding carboxylic acids is 1. The number of alkyl halides is 3. The molecule has 0 N–H and O–H groups in total. The first-order valence-electron chi connectivity index (χ1n) is 11.8. The van der Waals surface area contributed by atoms with Crippen molar-refractivity contribution in [3.05, 3.63) is 24.2 Å². The molecule has 33 heavy (non-hydrogen) atoms. The highest BCUT2D eigenvalue weighted by atomic mass is 19.4. The number of piperazine rings is 1. The number of nitrogens with zero attached hydrogens (tertiary/aromatic N) is 5. The van der Waals surface area contributed by atoms with E-state index in [4.69, 9.17) is 0 Å². The highest BCUT2D eigenvalue weighted by molar-refractivity contribution is 5.79. The van der Waals surface area contributed by atoms with Crippen LogP contribution in [0, 0.1) is 11.8 Å². The predicted octanol–water partition coefficient (Wildman–Crippen LogP) is 4.80. The van der Waals surface area contributed by atoms with Crippen molar-refractivity contribution in [2.45, 2.75) is 58.0 Å². The summed E-state index contributed by atoms with van der Waals surface area (Å²) in [6.07, 6.45) is 4.90. The Morgan fingerprint density at radius 1 is 1.12 bits per heavy atom. The van der Waals surface area contributed by atoms with Gasteiger partial charge in [-0.05, 0) is 43.7 Å². The first kappa shape index (κ1) is 23.5. The van der Waals surface area contributed by atoms with Gasteiger partial charge < -0.3 is 14.3 Å². The number of rotatable bonds is 6. The summed E-state index contributed by atoms with van der Waals surface area (Å²) in [5, 5.41) is 3.38. The fourth-order valence-corrected chi connectivity index (χ4v) is 4.77. The molecule has 1 saturated carbocycles. The van der Waals surface area contributed by atoms with E-state index in [0.29, 0.717) is 37.6 Å². The van der Waals surface area contributed by atoms with Gasteiger partial charge in [-0.25, -0.2) is 4.98 Å². The van der Waals surface area contributed by atoms with Crippen LogP contribution < -0.4 is 4.90 Å². The van der Waals surface area contributed by atoms with Gasteiger partial charge in [-0.15, -0.1) is 0 Å². The standard InChI is InChI=1S/C23H30F3N5O2/c1-2-3-4-16-5-7-17(8-6-16)21(32)31-13-11-30(12-14-31)19-10-9-18(15-27-19)20-28-22(33-29-20)23(24,25)26/h9-10,15-17H,2-8,11-14H2,1H3. The fraction of sp³-hybridized carbons (Fsp3) is 0.652. The van der Waals surface area contributed by atoms with Gasteiger partial charge >= 0.3 is 12.1 Å². The van der Waals surface area contributed by atoms with E-state index in [1.807, 2.05) is 4.90 Å². The summed E-state index contributed by atoms with van der Waals surface area (Å²) in [7, 11) is 0. The maximum absolute atomic E-state index is 13.0. The summed E-state index contributed by atoms with van der Waals surface area (Å²) in [6.45, 7) is 4.87.